The van der Waals surface area contributed by atoms with Crippen LogP contribution < -0.4 is 11.1 Å². The van der Waals surface area contributed by atoms with Crippen LogP contribution in [0.15, 0.2) is 29.3 Å². The molecule has 108 valence electrons. The number of benzene rings is 1. The zero-order chi connectivity index (χ0) is 14.5. The number of aryl methyl sites for hydroxylation is 1. The molecule has 0 bridgehead atoms. The summed E-state index contributed by atoms with van der Waals surface area (Å²) < 4.78 is 5.18. The first-order valence-electron chi connectivity index (χ1n) is 6.87. The van der Waals surface area contributed by atoms with Gasteiger partial charge in [0, 0.05) is 12.6 Å². The van der Waals surface area contributed by atoms with Crippen molar-refractivity contribution in [2.24, 2.45) is 16.6 Å². The van der Waals surface area contributed by atoms with Gasteiger partial charge in [0.05, 0.1) is 6.04 Å². The zero-order valence-corrected chi connectivity index (χ0v) is 11.9. The number of nitrogens with two attached hydrogens (primary N) is 1. The van der Waals surface area contributed by atoms with Gasteiger partial charge in [-0.05, 0) is 36.5 Å². The summed E-state index contributed by atoms with van der Waals surface area (Å²) in [5.41, 5.74) is 7.60. The summed E-state index contributed by atoms with van der Waals surface area (Å²) >= 11 is 0. The number of amidine groups is 1. The summed E-state index contributed by atoms with van der Waals surface area (Å²) in [5.74, 6) is 0.383. The molecule has 0 spiro atoms. The number of anilines is 1. The van der Waals surface area contributed by atoms with Crippen LogP contribution in [-0.2, 0) is 16.0 Å². The number of aliphatic imine (C=N–C) groups is 1. The second-order valence-corrected chi connectivity index (χ2v) is 5.24. The first kappa shape index (κ1) is 14.4. The Morgan fingerprint density at radius 1 is 1.50 bits per heavy atom. The normalized spacial score (nSPS) is 19.1. The van der Waals surface area contributed by atoms with E-state index in [2.05, 4.69) is 17.2 Å². The molecule has 1 unspecified atom stereocenters. The average molecular weight is 275 g/mol. The van der Waals surface area contributed by atoms with Crippen LogP contribution in [0, 0.1) is 5.92 Å². The molecule has 2 rings (SSSR count). The van der Waals surface area contributed by atoms with Crippen LogP contribution in [0.25, 0.3) is 0 Å². The Morgan fingerprint density at radius 2 is 2.20 bits per heavy atom. The smallest absolute Gasteiger partial charge is 0.282 e. The molecule has 0 aromatic heterocycles. The minimum Gasteiger partial charge on any atom is -0.463 e. The van der Waals surface area contributed by atoms with Crippen molar-refractivity contribution in [3.05, 3.63) is 29.8 Å². The quantitative estimate of drug-likeness (QED) is 0.862. The number of hydrogen-bond donors (Lipinski definition) is 2. The molecule has 0 aliphatic carbocycles. The largest absolute Gasteiger partial charge is 0.463 e. The SMILES string of the molecule is CC(=O)Nc1ccc(CCC(C)[C@H]2COC(N)=N2)cc1. The fourth-order valence-electron chi connectivity index (χ4n) is 2.24. The van der Waals surface area contributed by atoms with Gasteiger partial charge in [-0.15, -0.1) is 0 Å². The summed E-state index contributed by atoms with van der Waals surface area (Å²) in [6.07, 6.45) is 2.01. The maximum Gasteiger partial charge on any atom is 0.282 e. The molecule has 0 radical (unpaired) electrons. The van der Waals surface area contributed by atoms with Crippen LogP contribution in [0.4, 0.5) is 5.69 Å². The number of hydrogen-bond acceptors (Lipinski definition) is 4. The molecular weight excluding hydrogens is 254 g/mol. The van der Waals surface area contributed by atoms with E-state index in [0.717, 1.165) is 18.5 Å². The minimum atomic E-state index is -0.0527. The molecule has 3 N–H and O–H groups in total. The molecule has 1 heterocycles. The molecule has 0 fully saturated rings. The van der Waals surface area contributed by atoms with E-state index in [4.69, 9.17) is 10.5 Å². The van der Waals surface area contributed by atoms with Gasteiger partial charge >= 0.3 is 0 Å². The third-order valence-electron chi connectivity index (χ3n) is 3.51. The molecular formula is C15H21N3O2. The van der Waals surface area contributed by atoms with Gasteiger partial charge in [-0.1, -0.05) is 19.1 Å². The molecule has 1 aromatic carbocycles. The minimum absolute atomic E-state index is 0.0527. The number of nitrogens with zero attached hydrogens (tertiary/aromatic N) is 1. The first-order valence-corrected chi connectivity index (χ1v) is 6.87. The van der Waals surface area contributed by atoms with Gasteiger partial charge in [0.15, 0.2) is 0 Å². The lowest BCUT2D eigenvalue weighted by Gasteiger charge is -2.15. The topological polar surface area (TPSA) is 76.7 Å². The monoisotopic (exact) mass is 275 g/mol. The molecule has 5 heteroatoms. The van der Waals surface area contributed by atoms with Gasteiger partial charge in [0.1, 0.15) is 6.61 Å². The summed E-state index contributed by atoms with van der Waals surface area (Å²) in [6.45, 7) is 4.27. The highest BCUT2D eigenvalue weighted by atomic mass is 16.5. The van der Waals surface area contributed by atoms with Gasteiger partial charge < -0.3 is 15.8 Å². The zero-order valence-electron chi connectivity index (χ0n) is 11.9. The van der Waals surface area contributed by atoms with Gasteiger partial charge in [0.2, 0.25) is 5.91 Å². The maximum atomic E-state index is 10.9. The average Bonchev–Trinajstić information content (AvgIpc) is 2.84. The molecule has 2 atom stereocenters. The highest BCUT2D eigenvalue weighted by Crippen LogP contribution is 2.19. The molecule has 1 aromatic rings. The summed E-state index contributed by atoms with van der Waals surface area (Å²) in [7, 11) is 0. The van der Waals surface area contributed by atoms with E-state index in [1.807, 2.05) is 24.3 Å². The lowest BCUT2D eigenvalue weighted by Crippen LogP contribution is -2.17. The van der Waals surface area contributed by atoms with Crippen molar-refractivity contribution in [1.82, 2.24) is 0 Å². The Kier molecular flexibility index (Phi) is 4.61. The van der Waals surface area contributed by atoms with Crippen LogP contribution in [0.5, 0.6) is 0 Å². The molecule has 0 saturated carbocycles. The van der Waals surface area contributed by atoms with E-state index in [9.17, 15) is 4.79 Å². The maximum absolute atomic E-state index is 10.9. The molecule has 1 aliphatic rings. The van der Waals surface area contributed by atoms with Gasteiger partial charge in [0.25, 0.3) is 6.02 Å². The van der Waals surface area contributed by atoms with Crippen molar-refractivity contribution in [3.63, 3.8) is 0 Å². The van der Waals surface area contributed by atoms with Crippen molar-refractivity contribution in [1.29, 1.82) is 0 Å². The lowest BCUT2D eigenvalue weighted by atomic mass is 9.95. The molecule has 0 saturated heterocycles. The van der Waals surface area contributed by atoms with Crippen molar-refractivity contribution in [3.8, 4) is 0 Å². The number of nitrogens with one attached hydrogen (secondary N) is 1. The Labute approximate surface area is 119 Å². The third-order valence-corrected chi connectivity index (χ3v) is 3.51. The van der Waals surface area contributed by atoms with E-state index in [1.165, 1.54) is 12.5 Å². The fourth-order valence-corrected chi connectivity index (χ4v) is 2.24. The first-order chi connectivity index (χ1) is 9.54. The number of ether oxygens (including phenoxy) is 1. The van der Waals surface area contributed by atoms with Crippen LogP contribution in [0.1, 0.15) is 25.8 Å². The predicted molar refractivity (Wildman–Crippen MR) is 79.6 cm³/mol. The highest BCUT2D eigenvalue weighted by molar-refractivity contribution is 5.88. The standard InChI is InChI=1S/C15H21N3O2/c1-10(14-9-20-15(16)18-14)3-4-12-5-7-13(8-6-12)17-11(2)19/h5-8,10,14H,3-4,9H2,1-2H3,(H2,16,18)(H,17,19)/t10?,14-/m1/s1. The van der Waals surface area contributed by atoms with Crippen LogP contribution >= 0.6 is 0 Å². The summed E-state index contributed by atoms with van der Waals surface area (Å²) in [5, 5.41) is 2.76. The van der Waals surface area contributed by atoms with E-state index < -0.39 is 0 Å². The number of amides is 1. The van der Waals surface area contributed by atoms with Crippen LogP contribution in [-0.4, -0.2) is 24.6 Å². The van der Waals surface area contributed by atoms with Crippen molar-refractivity contribution >= 4 is 17.6 Å². The third kappa shape index (κ3) is 3.98. The Bertz CT molecular complexity index is 496. The van der Waals surface area contributed by atoms with E-state index >= 15 is 0 Å². The van der Waals surface area contributed by atoms with E-state index in [0.29, 0.717) is 18.5 Å². The highest BCUT2D eigenvalue weighted by Gasteiger charge is 2.22. The number of carbonyl (C=O) groups excluding carboxylic acids is 1. The van der Waals surface area contributed by atoms with Gasteiger partial charge in [-0.25, -0.2) is 4.99 Å². The number of carbonyl (C=O) groups is 1. The second kappa shape index (κ2) is 6.41. The Hall–Kier alpha value is -2.04. The van der Waals surface area contributed by atoms with Crippen molar-refractivity contribution in [2.45, 2.75) is 32.7 Å². The van der Waals surface area contributed by atoms with Crippen molar-refractivity contribution < 1.29 is 9.53 Å². The molecule has 20 heavy (non-hydrogen) atoms. The molecule has 1 aliphatic heterocycles. The second-order valence-electron chi connectivity index (χ2n) is 5.24. The molecule has 5 nitrogen and oxygen atoms in total. The fraction of sp³-hybridized carbons (Fsp3) is 0.467. The summed E-state index contributed by atoms with van der Waals surface area (Å²) in [6, 6.07) is 8.42. The Balaban J connectivity index is 1.83. The van der Waals surface area contributed by atoms with Gasteiger partial charge in [-0.2, -0.15) is 0 Å². The summed E-state index contributed by atoms with van der Waals surface area (Å²) in [4.78, 5) is 15.2. The van der Waals surface area contributed by atoms with Crippen LogP contribution in [0.2, 0.25) is 0 Å². The van der Waals surface area contributed by atoms with Gasteiger partial charge in [-0.3, -0.25) is 4.79 Å². The predicted octanol–water partition coefficient (Wildman–Crippen LogP) is 1.93. The van der Waals surface area contributed by atoms with E-state index in [1.54, 1.807) is 0 Å². The van der Waals surface area contributed by atoms with Crippen LogP contribution in [0.3, 0.4) is 0 Å². The van der Waals surface area contributed by atoms with Crippen molar-refractivity contribution in [2.75, 3.05) is 11.9 Å². The number of rotatable bonds is 5. The molecule has 1 amide bonds. The van der Waals surface area contributed by atoms with E-state index in [-0.39, 0.29) is 11.9 Å². The lowest BCUT2D eigenvalue weighted by molar-refractivity contribution is -0.114. The Morgan fingerprint density at radius 3 is 2.75 bits per heavy atom.